The Hall–Kier alpha value is -1.88. The van der Waals surface area contributed by atoms with Crippen LogP contribution in [0.15, 0.2) is 24.3 Å². The van der Waals surface area contributed by atoms with Crippen molar-refractivity contribution >= 4 is 17.5 Å². The zero-order chi connectivity index (χ0) is 14.7. The van der Waals surface area contributed by atoms with E-state index in [1.54, 1.807) is 17.0 Å². The third kappa shape index (κ3) is 2.82. The third-order valence-electron chi connectivity index (χ3n) is 3.54. The summed E-state index contributed by atoms with van der Waals surface area (Å²) in [4.78, 5) is 27.5. The first-order chi connectivity index (χ1) is 9.54. The molecule has 2 N–H and O–H groups in total. The number of hydrogen-bond donors (Lipinski definition) is 1. The molecule has 108 valence electrons. The molecule has 0 radical (unpaired) electrons. The number of carbonyl (C=O) groups is 2. The molecule has 1 aliphatic rings. The monoisotopic (exact) mass is 275 g/mol. The summed E-state index contributed by atoms with van der Waals surface area (Å²) in [7, 11) is 0. The quantitative estimate of drug-likeness (QED) is 0.834. The van der Waals surface area contributed by atoms with Crippen LogP contribution in [-0.2, 0) is 0 Å². The second-order valence-electron chi connectivity index (χ2n) is 5.23. The molecule has 1 aromatic rings. The fraction of sp³-hybridized carbons (Fsp3) is 0.467. The lowest BCUT2D eigenvalue weighted by Crippen LogP contribution is -2.36. The minimum absolute atomic E-state index is 0.0287. The Labute approximate surface area is 119 Å². The minimum atomic E-state index is 0.0287. The third-order valence-corrected chi connectivity index (χ3v) is 3.54. The molecule has 1 aliphatic heterocycles. The summed E-state index contributed by atoms with van der Waals surface area (Å²) in [5, 5.41) is 0. The zero-order valence-corrected chi connectivity index (χ0v) is 12.0. The summed E-state index contributed by atoms with van der Waals surface area (Å²) in [5.41, 5.74) is 6.86. The number of benzene rings is 1. The van der Waals surface area contributed by atoms with Crippen LogP contribution >= 0.6 is 0 Å². The van der Waals surface area contributed by atoms with E-state index in [0.717, 1.165) is 12.2 Å². The van der Waals surface area contributed by atoms with Gasteiger partial charge in [-0.2, -0.15) is 0 Å². The lowest BCUT2D eigenvalue weighted by Gasteiger charge is -2.21. The summed E-state index contributed by atoms with van der Waals surface area (Å²) in [6.45, 7) is 5.80. The van der Waals surface area contributed by atoms with Crippen molar-refractivity contribution in [2.45, 2.75) is 26.3 Å². The molecule has 0 saturated carbocycles. The number of anilines is 1. The van der Waals surface area contributed by atoms with Crippen molar-refractivity contribution in [3.05, 3.63) is 29.8 Å². The molecule has 1 heterocycles. The highest BCUT2D eigenvalue weighted by Gasteiger charge is 2.30. The van der Waals surface area contributed by atoms with Gasteiger partial charge in [0, 0.05) is 36.8 Å². The van der Waals surface area contributed by atoms with Gasteiger partial charge in [-0.05, 0) is 44.7 Å². The van der Waals surface area contributed by atoms with Crippen molar-refractivity contribution in [2.24, 2.45) is 5.73 Å². The number of hydrogen-bond acceptors (Lipinski definition) is 3. The maximum Gasteiger partial charge on any atom is 0.324 e. The number of nitrogens with zero attached hydrogens (tertiary/aromatic N) is 2. The van der Waals surface area contributed by atoms with Crippen LogP contribution in [0.5, 0.6) is 0 Å². The number of nitrogens with two attached hydrogens (primary N) is 1. The van der Waals surface area contributed by atoms with E-state index in [0.29, 0.717) is 25.1 Å². The number of amides is 2. The number of urea groups is 1. The van der Waals surface area contributed by atoms with Gasteiger partial charge >= 0.3 is 6.03 Å². The molecule has 0 bridgehead atoms. The van der Waals surface area contributed by atoms with E-state index in [-0.39, 0.29) is 17.9 Å². The van der Waals surface area contributed by atoms with Crippen molar-refractivity contribution in [1.82, 2.24) is 4.90 Å². The van der Waals surface area contributed by atoms with Gasteiger partial charge in [0.1, 0.15) is 0 Å². The number of rotatable bonds is 5. The van der Waals surface area contributed by atoms with Crippen molar-refractivity contribution in [3.63, 3.8) is 0 Å². The molecular formula is C15H21N3O2. The molecule has 0 unspecified atom stereocenters. The van der Waals surface area contributed by atoms with Crippen LogP contribution in [0.2, 0.25) is 0 Å². The van der Waals surface area contributed by atoms with E-state index in [4.69, 9.17) is 5.73 Å². The Morgan fingerprint density at radius 2 is 1.90 bits per heavy atom. The van der Waals surface area contributed by atoms with Crippen molar-refractivity contribution in [3.8, 4) is 0 Å². The molecule has 1 saturated heterocycles. The number of carbonyl (C=O) groups excluding carboxylic acids is 2. The van der Waals surface area contributed by atoms with Gasteiger partial charge in [0.05, 0.1) is 0 Å². The molecule has 5 nitrogen and oxygen atoms in total. The Morgan fingerprint density at radius 3 is 2.40 bits per heavy atom. The SMILES string of the molecule is CC(C)N1CCN(c2ccc(C(=O)CCN)cc2)C1=O. The Bertz CT molecular complexity index is 496. The van der Waals surface area contributed by atoms with Gasteiger partial charge in [-0.3, -0.25) is 9.69 Å². The molecule has 0 aromatic heterocycles. The van der Waals surface area contributed by atoms with Crippen LogP contribution in [0.4, 0.5) is 10.5 Å². The van der Waals surface area contributed by atoms with Crippen LogP contribution in [0, 0.1) is 0 Å². The molecule has 0 aliphatic carbocycles. The number of Topliss-reactive ketones (excluding diaryl/α,β-unsaturated/α-hetero) is 1. The Balaban J connectivity index is 2.11. The van der Waals surface area contributed by atoms with E-state index < -0.39 is 0 Å². The molecule has 1 fully saturated rings. The zero-order valence-electron chi connectivity index (χ0n) is 12.0. The molecule has 0 atom stereocenters. The standard InChI is InChI=1S/C15H21N3O2/c1-11(2)17-9-10-18(15(17)20)13-5-3-12(4-6-13)14(19)7-8-16/h3-6,11H,7-10,16H2,1-2H3. The van der Waals surface area contributed by atoms with Crippen molar-refractivity contribution in [1.29, 1.82) is 0 Å². The summed E-state index contributed by atoms with van der Waals surface area (Å²) >= 11 is 0. The van der Waals surface area contributed by atoms with Gasteiger partial charge < -0.3 is 10.6 Å². The molecule has 0 spiro atoms. The molecule has 20 heavy (non-hydrogen) atoms. The van der Waals surface area contributed by atoms with Crippen LogP contribution in [-0.4, -0.2) is 42.4 Å². The van der Waals surface area contributed by atoms with Gasteiger partial charge in [-0.25, -0.2) is 4.79 Å². The highest BCUT2D eigenvalue weighted by atomic mass is 16.2. The maximum absolute atomic E-state index is 12.2. The molecule has 2 rings (SSSR count). The second kappa shape index (κ2) is 6.05. The van der Waals surface area contributed by atoms with Gasteiger partial charge in [-0.1, -0.05) is 0 Å². The average Bonchev–Trinajstić information content (AvgIpc) is 2.81. The molecular weight excluding hydrogens is 254 g/mol. The predicted molar refractivity (Wildman–Crippen MR) is 79.0 cm³/mol. The summed E-state index contributed by atoms with van der Waals surface area (Å²) in [6.07, 6.45) is 0.350. The average molecular weight is 275 g/mol. The molecule has 5 heteroatoms. The van der Waals surface area contributed by atoms with Gasteiger partial charge in [0.2, 0.25) is 0 Å². The largest absolute Gasteiger partial charge is 0.330 e. The van der Waals surface area contributed by atoms with E-state index in [1.807, 2.05) is 30.9 Å². The Morgan fingerprint density at radius 1 is 1.25 bits per heavy atom. The predicted octanol–water partition coefficient (Wildman–Crippen LogP) is 1.87. The van der Waals surface area contributed by atoms with E-state index >= 15 is 0 Å². The van der Waals surface area contributed by atoms with Crippen LogP contribution in [0.25, 0.3) is 0 Å². The molecule has 1 aromatic carbocycles. The smallest absolute Gasteiger partial charge is 0.324 e. The lowest BCUT2D eigenvalue weighted by atomic mass is 10.1. The van der Waals surface area contributed by atoms with Gasteiger partial charge in [0.25, 0.3) is 0 Å². The van der Waals surface area contributed by atoms with Crippen LogP contribution in [0.3, 0.4) is 0 Å². The first-order valence-electron chi connectivity index (χ1n) is 6.96. The van der Waals surface area contributed by atoms with E-state index in [2.05, 4.69) is 0 Å². The van der Waals surface area contributed by atoms with E-state index in [9.17, 15) is 9.59 Å². The van der Waals surface area contributed by atoms with Crippen LogP contribution in [0.1, 0.15) is 30.6 Å². The summed E-state index contributed by atoms with van der Waals surface area (Å²) < 4.78 is 0. The normalized spacial score (nSPS) is 15.3. The fourth-order valence-electron chi connectivity index (χ4n) is 2.38. The van der Waals surface area contributed by atoms with Crippen molar-refractivity contribution in [2.75, 3.05) is 24.5 Å². The maximum atomic E-state index is 12.2. The molecule has 2 amide bonds. The summed E-state index contributed by atoms with van der Waals surface area (Å²) in [6, 6.07) is 7.41. The highest BCUT2D eigenvalue weighted by Crippen LogP contribution is 2.22. The Kier molecular flexibility index (Phi) is 4.39. The fourth-order valence-corrected chi connectivity index (χ4v) is 2.38. The van der Waals surface area contributed by atoms with E-state index in [1.165, 1.54) is 0 Å². The first kappa shape index (κ1) is 14.5. The van der Waals surface area contributed by atoms with Crippen LogP contribution < -0.4 is 10.6 Å². The lowest BCUT2D eigenvalue weighted by molar-refractivity contribution is 0.0985. The van der Waals surface area contributed by atoms with Gasteiger partial charge in [-0.15, -0.1) is 0 Å². The van der Waals surface area contributed by atoms with Crippen molar-refractivity contribution < 1.29 is 9.59 Å². The second-order valence-corrected chi connectivity index (χ2v) is 5.23. The summed E-state index contributed by atoms with van der Waals surface area (Å²) in [5.74, 6) is 0.0376. The topological polar surface area (TPSA) is 66.6 Å². The first-order valence-corrected chi connectivity index (χ1v) is 6.96. The highest BCUT2D eigenvalue weighted by molar-refractivity contribution is 5.98. The van der Waals surface area contributed by atoms with Gasteiger partial charge in [0.15, 0.2) is 5.78 Å². The minimum Gasteiger partial charge on any atom is -0.330 e. The number of ketones is 1.